The third-order valence-corrected chi connectivity index (χ3v) is 2.11. The molecule has 1 atom stereocenters. The SMILES string of the molecule is COC(=O)[C@](C)(N)c1ncccc1C. The summed E-state index contributed by atoms with van der Waals surface area (Å²) in [5.74, 6) is -0.487. The van der Waals surface area contributed by atoms with E-state index < -0.39 is 11.5 Å². The number of carbonyl (C=O) groups is 1. The molecule has 2 N–H and O–H groups in total. The first-order valence-electron chi connectivity index (χ1n) is 4.29. The Labute approximate surface area is 83.1 Å². The number of carbonyl (C=O) groups excluding carboxylic acids is 1. The number of hydrogen-bond acceptors (Lipinski definition) is 4. The van der Waals surface area contributed by atoms with Crippen LogP contribution in [0.3, 0.4) is 0 Å². The quantitative estimate of drug-likeness (QED) is 0.705. The summed E-state index contributed by atoms with van der Waals surface area (Å²) in [5, 5.41) is 0. The maximum Gasteiger partial charge on any atom is 0.331 e. The van der Waals surface area contributed by atoms with Crippen LogP contribution in [0.15, 0.2) is 18.3 Å². The van der Waals surface area contributed by atoms with E-state index in [-0.39, 0.29) is 0 Å². The highest BCUT2D eigenvalue weighted by Crippen LogP contribution is 2.19. The van der Waals surface area contributed by atoms with Crippen molar-refractivity contribution in [3.8, 4) is 0 Å². The van der Waals surface area contributed by atoms with E-state index in [9.17, 15) is 4.79 Å². The molecule has 1 rings (SSSR count). The van der Waals surface area contributed by atoms with Crippen LogP contribution in [0.1, 0.15) is 18.2 Å². The lowest BCUT2D eigenvalue weighted by atomic mass is 9.95. The lowest BCUT2D eigenvalue weighted by molar-refractivity contribution is -0.146. The summed E-state index contributed by atoms with van der Waals surface area (Å²) < 4.78 is 4.62. The van der Waals surface area contributed by atoms with Crippen LogP contribution in [-0.2, 0) is 15.1 Å². The Hall–Kier alpha value is -1.42. The highest BCUT2D eigenvalue weighted by Gasteiger charge is 2.34. The average Bonchev–Trinajstić information content (AvgIpc) is 2.17. The first kappa shape index (κ1) is 10.7. The molecule has 76 valence electrons. The standard InChI is InChI=1S/C10H14N2O2/c1-7-5-4-6-12-8(7)10(2,11)9(13)14-3/h4-6H,11H2,1-3H3/t10-/m1/s1. The topological polar surface area (TPSA) is 65.2 Å². The second-order valence-electron chi connectivity index (χ2n) is 3.36. The van der Waals surface area contributed by atoms with E-state index in [2.05, 4.69) is 9.72 Å². The smallest absolute Gasteiger partial charge is 0.331 e. The van der Waals surface area contributed by atoms with Crippen molar-refractivity contribution >= 4 is 5.97 Å². The van der Waals surface area contributed by atoms with Gasteiger partial charge in [-0.3, -0.25) is 4.98 Å². The van der Waals surface area contributed by atoms with Crippen LogP contribution >= 0.6 is 0 Å². The van der Waals surface area contributed by atoms with Gasteiger partial charge >= 0.3 is 5.97 Å². The number of aromatic nitrogens is 1. The van der Waals surface area contributed by atoms with Gasteiger partial charge in [-0.2, -0.15) is 0 Å². The van der Waals surface area contributed by atoms with Crippen LogP contribution in [0.4, 0.5) is 0 Å². The molecule has 0 fully saturated rings. The predicted molar refractivity (Wildman–Crippen MR) is 52.5 cm³/mol. The molecule has 0 unspecified atom stereocenters. The van der Waals surface area contributed by atoms with E-state index in [0.717, 1.165) is 5.56 Å². The van der Waals surface area contributed by atoms with Crippen LogP contribution < -0.4 is 5.73 Å². The van der Waals surface area contributed by atoms with Crippen molar-refractivity contribution < 1.29 is 9.53 Å². The van der Waals surface area contributed by atoms with E-state index in [4.69, 9.17) is 5.73 Å². The molecule has 0 bridgehead atoms. The van der Waals surface area contributed by atoms with Crippen LogP contribution in [0.2, 0.25) is 0 Å². The lowest BCUT2D eigenvalue weighted by Crippen LogP contribution is -2.44. The van der Waals surface area contributed by atoms with E-state index >= 15 is 0 Å². The first-order chi connectivity index (χ1) is 6.50. The molecular weight excluding hydrogens is 180 g/mol. The molecule has 0 aliphatic heterocycles. The number of rotatable bonds is 2. The molecule has 0 saturated heterocycles. The molecule has 0 aliphatic carbocycles. The van der Waals surface area contributed by atoms with Crippen molar-refractivity contribution in [1.82, 2.24) is 4.98 Å². The number of esters is 1. The summed E-state index contributed by atoms with van der Waals surface area (Å²) in [6.45, 7) is 3.45. The average molecular weight is 194 g/mol. The Bertz CT molecular complexity index is 348. The number of aryl methyl sites for hydroxylation is 1. The van der Waals surface area contributed by atoms with Gasteiger partial charge in [0.15, 0.2) is 5.54 Å². The predicted octanol–water partition coefficient (Wildman–Crippen LogP) is 0.737. The van der Waals surface area contributed by atoms with Crippen molar-refractivity contribution in [2.24, 2.45) is 5.73 Å². The van der Waals surface area contributed by atoms with E-state index in [1.54, 1.807) is 19.2 Å². The number of nitrogens with two attached hydrogens (primary N) is 1. The summed E-state index contributed by atoms with van der Waals surface area (Å²) in [6, 6.07) is 3.66. The summed E-state index contributed by atoms with van der Waals surface area (Å²) in [5.41, 5.74) is 6.10. The fourth-order valence-corrected chi connectivity index (χ4v) is 1.34. The summed E-state index contributed by atoms with van der Waals surface area (Å²) >= 11 is 0. The maximum atomic E-state index is 11.4. The van der Waals surface area contributed by atoms with Crippen LogP contribution in [0, 0.1) is 6.92 Å². The Morgan fingerprint density at radius 3 is 2.79 bits per heavy atom. The van der Waals surface area contributed by atoms with Crippen molar-refractivity contribution in [1.29, 1.82) is 0 Å². The maximum absolute atomic E-state index is 11.4. The zero-order chi connectivity index (χ0) is 10.8. The second-order valence-corrected chi connectivity index (χ2v) is 3.36. The fraction of sp³-hybridized carbons (Fsp3) is 0.400. The van der Waals surface area contributed by atoms with Gasteiger partial charge in [-0.25, -0.2) is 4.79 Å². The van der Waals surface area contributed by atoms with Gasteiger partial charge in [-0.15, -0.1) is 0 Å². The molecule has 0 aromatic carbocycles. The normalized spacial score (nSPS) is 14.6. The number of methoxy groups -OCH3 is 1. The van der Waals surface area contributed by atoms with Crippen molar-refractivity contribution in [3.63, 3.8) is 0 Å². The molecule has 1 heterocycles. The van der Waals surface area contributed by atoms with Crippen LogP contribution in [-0.4, -0.2) is 18.1 Å². The van der Waals surface area contributed by atoms with Gasteiger partial charge in [0.2, 0.25) is 0 Å². The largest absolute Gasteiger partial charge is 0.467 e. The van der Waals surface area contributed by atoms with Gasteiger partial charge in [0.1, 0.15) is 0 Å². The molecule has 0 amide bonds. The highest BCUT2D eigenvalue weighted by atomic mass is 16.5. The monoisotopic (exact) mass is 194 g/mol. The van der Waals surface area contributed by atoms with E-state index in [1.165, 1.54) is 7.11 Å². The molecule has 0 spiro atoms. The minimum atomic E-state index is -1.18. The third-order valence-electron chi connectivity index (χ3n) is 2.11. The summed E-state index contributed by atoms with van der Waals surface area (Å²) in [7, 11) is 1.31. The third kappa shape index (κ3) is 1.75. The van der Waals surface area contributed by atoms with Gasteiger partial charge in [-0.1, -0.05) is 6.07 Å². The highest BCUT2D eigenvalue weighted by molar-refractivity contribution is 5.81. The molecule has 4 nitrogen and oxygen atoms in total. The zero-order valence-electron chi connectivity index (χ0n) is 8.57. The first-order valence-corrected chi connectivity index (χ1v) is 4.29. The van der Waals surface area contributed by atoms with E-state index in [0.29, 0.717) is 5.69 Å². The summed E-state index contributed by atoms with van der Waals surface area (Å²) in [4.78, 5) is 15.5. The molecule has 4 heteroatoms. The van der Waals surface area contributed by atoms with Crippen LogP contribution in [0.5, 0.6) is 0 Å². The van der Waals surface area contributed by atoms with Crippen LogP contribution in [0.25, 0.3) is 0 Å². The van der Waals surface area contributed by atoms with Gasteiger partial charge < -0.3 is 10.5 Å². The Kier molecular flexibility index (Phi) is 2.86. The Balaban J connectivity index is 3.16. The second kappa shape index (κ2) is 3.75. The van der Waals surface area contributed by atoms with Crippen molar-refractivity contribution in [2.75, 3.05) is 7.11 Å². The number of nitrogens with zero attached hydrogens (tertiary/aromatic N) is 1. The number of hydrogen-bond donors (Lipinski definition) is 1. The summed E-state index contributed by atoms with van der Waals surface area (Å²) in [6.07, 6.45) is 1.61. The lowest BCUT2D eigenvalue weighted by Gasteiger charge is -2.22. The number of ether oxygens (including phenoxy) is 1. The fourth-order valence-electron chi connectivity index (χ4n) is 1.34. The Morgan fingerprint density at radius 2 is 2.29 bits per heavy atom. The number of pyridine rings is 1. The molecule has 1 aromatic heterocycles. The molecule has 0 aliphatic rings. The minimum Gasteiger partial charge on any atom is -0.467 e. The minimum absolute atomic E-state index is 0.487. The molecular formula is C10H14N2O2. The molecule has 14 heavy (non-hydrogen) atoms. The zero-order valence-corrected chi connectivity index (χ0v) is 8.57. The van der Waals surface area contributed by atoms with Gasteiger partial charge in [0, 0.05) is 6.20 Å². The molecule has 1 aromatic rings. The van der Waals surface area contributed by atoms with Crippen molar-refractivity contribution in [2.45, 2.75) is 19.4 Å². The van der Waals surface area contributed by atoms with E-state index in [1.807, 2.05) is 13.0 Å². The molecule has 0 saturated carbocycles. The van der Waals surface area contributed by atoms with Gasteiger partial charge in [0.25, 0.3) is 0 Å². The van der Waals surface area contributed by atoms with Gasteiger partial charge in [-0.05, 0) is 25.5 Å². The van der Waals surface area contributed by atoms with Gasteiger partial charge in [0.05, 0.1) is 12.8 Å². The Morgan fingerprint density at radius 1 is 1.64 bits per heavy atom. The van der Waals surface area contributed by atoms with Crippen molar-refractivity contribution in [3.05, 3.63) is 29.6 Å². The molecule has 0 radical (unpaired) electrons.